The quantitative estimate of drug-likeness (QED) is 0.758. The molecule has 1 aromatic rings. The zero-order chi connectivity index (χ0) is 19.4. The molecule has 2 saturated heterocycles. The van der Waals surface area contributed by atoms with Crippen LogP contribution in [0.15, 0.2) is 4.79 Å². The van der Waals surface area contributed by atoms with Crippen LogP contribution >= 0.6 is 0 Å². The lowest BCUT2D eigenvalue weighted by Gasteiger charge is -2.33. The van der Waals surface area contributed by atoms with Gasteiger partial charge in [-0.15, -0.1) is 0 Å². The molecule has 1 amide bonds. The Labute approximate surface area is 157 Å². The first-order valence-corrected chi connectivity index (χ1v) is 9.42. The van der Waals surface area contributed by atoms with E-state index in [2.05, 4.69) is 9.97 Å². The van der Waals surface area contributed by atoms with Crippen LogP contribution in [0.3, 0.4) is 0 Å². The van der Waals surface area contributed by atoms with Crippen molar-refractivity contribution < 1.29 is 19.4 Å². The van der Waals surface area contributed by atoms with E-state index in [-0.39, 0.29) is 24.3 Å². The van der Waals surface area contributed by atoms with Crippen molar-refractivity contribution in [3.63, 3.8) is 0 Å². The van der Waals surface area contributed by atoms with E-state index in [0.717, 1.165) is 12.8 Å². The summed E-state index contributed by atoms with van der Waals surface area (Å²) in [6, 6.07) is -0.757. The molecule has 2 N–H and O–H groups in total. The number of hydrogen-bond acceptors (Lipinski definition) is 6. The molecule has 2 aliphatic heterocycles. The minimum atomic E-state index is -0.964. The maximum Gasteiger partial charge on any atom is 0.326 e. The molecular formula is C18H26N4O5. The normalized spacial score (nSPS) is 20.6. The Morgan fingerprint density at radius 3 is 2.67 bits per heavy atom. The van der Waals surface area contributed by atoms with Crippen molar-refractivity contribution in [2.75, 3.05) is 37.7 Å². The van der Waals surface area contributed by atoms with Crippen molar-refractivity contribution in [1.82, 2.24) is 14.9 Å². The molecule has 2 fully saturated rings. The molecule has 148 valence electrons. The number of carbonyl (C=O) groups excluding carboxylic acids is 1. The molecule has 0 aromatic carbocycles. The van der Waals surface area contributed by atoms with Gasteiger partial charge in [0, 0.05) is 37.3 Å². The second-order valence-corrected chi connectivity index (χ2v) is 6.99. The van der Waals surface area contributed by atoms with Crippen molar-refractivity contribution in [3.05, 3.63) is 21.6 Å². The smallest absolute Gasteiger partial charge is 0.326 e. The molecule has 27 heavy (non-hydrogen) atoms. The number of carboxylic acids is 1. The molecule has 0 saturated carbocycles. The largest absolute Gasteiger partial charge is 0.480 e. The van der Waals surface area contributed by atoms with Crippen LogP contribution in [0.5, 0.6) is 0 Å². The predicted molar refractivity (Wildman–Crippen MR) is 97.9 cm³/mol. The Morgan fingerprint density at radius 2 is 2.00 bits per heavy atom. The summed E-state index contributed by atoms with van der Waals surface area (Å²) in [7, 11) is 0. The van der Waals surface area contributed by atoms with Gasteiger partial charge in [-0.05, 0) is 32.6 Å². The van der Waals surface area contributed by atoms with Crippen molar-refractivity contribution in [1.29, 1.82) is 0 Å². The van der Waals surface area contributed by atoms with Crippen LogP contribution in [0.2, 0.25) is 0 Å². The lowest BCUT2D eigenvalue weighted by Crippen LogP contribution is -2.48. The average Bonchev–Trinajstić information content (AvgIpc) is 2.67. The molecule has 9 heteroatoms. The molecule has 0 aliphatic carbocycles. The monoisotopic (exact) mass is 378 g/mol. The van der Waals surface area contributed by atoms with Crippen molar-refractivity contribution in [2.24, 2.45) is 0 Å². The van der Waals surface area contributed by atoms with Gasteiger partial charge in [-0.3, -0.25) is 14.6 Å². The van der Waals surface area contributed by atoms with Crippen LogP contribution in [0.25, 0.3) is 0 Å². The highest BCUT2D eigenvalue weighted by Gasteiger charge is 2.31. The first-order valence-electron chi connectivity index (χ1n) is 9.42. The molecule has 0 spiro atoms. The molecule has 1 atom stereocenters. The number of aliphatic carboxylic acids is 1. The lowest BCUT2D eigenvalue weighted by molar-refractivity contribution is -0.152. The average molecular weight is 378 g/mol. The second-order valence-electron chi connectivity index (χ2n) is 6.99. The van der Waals surface area contributed by atoms with E-state index in [4.69, 9.17) is 4.74 Å². The van der Waals surface area contributed by atoms with Crippen LogP contribution in [-0.2, 0) is 20.7 Å². The summed E-state index contributed by atoms with van der Waals surface area (Å²) in [6.45, 7) is 4.76. The Hall–Kier alpha value is -2.42. The van der Waals surface area contributed by atoms with Gasteiger partial charge in [-0.25, -0.2) is 9.78 Å². The number of nitrogens with zero attached hydrogens (tertiary/aromatic N) is 3. The number of anilines is 1. The number of hydrogen-bond donors (Lipinski definition) is 2. The van der Waals surface area contributed by atoms with Gasteiger partial charge in [0.15, 0.2) is 0 Å². The molecule has 3 rings (SSSR count). The maximum absolute atomic E-state index is 12.5. The van der Waals surface area contributed by atoms with E-state index >= 15 is 0 Å². The van der Waals surface area contributed by atoms with Gasteiger partial charge in [0.25, 0.3) is 5.56 Å². The maximum atomic E-state index is 12.5. The van der Waals surface area contributed by atoms with E-state index in [9.17, 15) is 19.5 Å². The van der Waals surface area contributed by atoms with Gasteiger partial charge in [-0.2, -0.15) is 0 Å². The van der Waals surface area contributed by atoms with Crippen LogP contribution in [0.1, 0.15) is 36.9 Å². The number of aryl methyl sites for hydroxylation is 1. The molecule has 1 aromatic heterocycles. The molecule has 3 heterocycles. The zero-order valence-corrected chi connectivity index (χ0v) is 15.6. The number of carboxylic acid groups (broad SMARTS) is 1. The minimum absolute atomic E-state index is 0.103. The number of ether oxygens (including phenoxy) is 1. The standard InChI is InChI=1S/C18H26N4O5/c1-12-13(16(24)20-18(19-12)21-8-10-27-11-9-21)5-6-15(23)22-7-3-2-4-14(22)17(25)26/h14H,2-11H2,1H3,(H,25,26)(H,19,20,24). The minimum Gasteiger partial charge on any atom is -0.480 e. The van der Waals surface area contributed by atoms with Gasteiger partial charge in [0.1, 0.15) is 6.04 Å². The number of carbonyl (C=O) groups is 2. The third-order valence-corrected chi connectivity index (χ3v) is 5.22. The fourth-order valence-corrected chi connectivity index (χ4v) is 3.68. The molecule has 2 aliphatic rings. The van der Waals surface area contributed by atoms with Crippen molar-refractivity contribution in [3.8, 4) is 0 Å². The van der Waals surface area contributed by atoms with Crippen LogP contribution in [0.4, 0.5) is 5.95 Å². The summed E-state index contributed by atoms with van der Waals surface area (Å²) >= 11 is 0. The lowest BCUT2D eigenvalue weighted by atomic mass is 10.0. The van der Waals surface area contributed by atoms with Gasteiger partial charge >= 0.3 is 5.97 Å². The highest BCUT2D eigenvalue weighted by atomic mass is 16.5. The van der Waals surface area contributed by atoms with E-state index < -0.39 is 12.0 Å². The molecule has 9 nitrogen and oxygen atoms in total. The summed E-state index contributed by atoms with van der Waals surface area (Å²) in [5.41, 5.74) is 0.830. The third kappa shape index (κ3) is 4.47. The number of nitrogens with one attached hydrogen (secondary N) is 1. The van der Waals surface area contributed by atoms with Gasteiger partial charge < -0.3 is 19.6 Å². The second kappa shape index (κ2) is 8.51. The fourth-order valence-electron chi connectivity index (χ4n) is 3.68. The van der Waals surface area contributed by atoms with Gasteiger partial charge in [0.2, 0.25) is 11.9 Å². The number of piperidine rings is 1. The van der Waals surface area contributed by atoms with Crippen LogP contribution in [0, 0.1) is 6.92 Å². The number of morpholine rings is 1. The zero-order valence-electron chi connectivity index (χ0n) is 15.6. The Morgan fingerprint density at radius 1 is 1.26 bits per heavy atom. The van der Waals surface area contributed by atoms with E-state index in [1.807, 2.05) is 4.90 Å². The number of rotatable bonds is 5. The first kappa shape index (κ1) is 19.3. The van der Waals surface area contributed by atoms with E-state index in [1.165, 1.54) is 4.90 Å². The number of likely N-dealkylation sites (tertiary alicyclic amines) is 1. The predicted octanol–water partition coefficient (Wildman–Crippen LogP) is 0.313. The first-order chi connectivity index (χ1) is 13.0. The molecule has 0 radical (unpaired) electrons. The third-order valence-electron chi connectivity index (χ3n) is 5.22. The Balaban J connectivity index is 1.67. The topological polar surface area (TPSA) is 116 Å². The summed E-state index contributed by atoms with van der Waals surface area (Å²) in [5, 5.41) is 9.31. The van der Waals surface area contributed by atoms with Gasteiger partial charge in [0.05, 0.1) is 13.2 Å². The number of H-pyrrole nitrogens is 1. The van der Waals surface area contributed by atoms with Gasteiger partial charge in [-0.1, -0.05) is 0 Å². The highest BCUT2D eigenvalue weighted by molar-refractivity contribution is 5.84. The molecule has 1 unspecified atom stereocenters. The summed E-state index contributed by atoms with van der Waals surface area (Å²) in [5.74, 6) is -0.662. The van der Waals surface area contributed by atoms with Crippen LogP contribution < -0.4 is 10.5 Å². The van der Waals surface area contributed by atoms with Crippen molar-refractivity contribution >= 4 is 17.8 Å². The summed E-state index contributed by atoms with van der Waals surface area (Å²) in [4.78, 5) is 47.1. The number of aromatic nitrogens is 2. The Kier molecular flexibility index (Phi) is 6.10. The summed E-state index contributed by atoms with van der Waals surface area (Å²) in [6.07, 6.45) is 2.46. The number of amides is 1. The Bertz CT molecular complexity index is 757. The van der Waals surface area contributed by atoms with Crippen molar-refractivity contribution in [2.45, 2.75) is 45.1 Å². The highest BCUT2D eigenvalue weighted by Crippen LogP contribution is 2.19. The molecular weight excluding hydrogens is 352 g/mol. The summed E-state index contributed by atoms with van der Waals surface area (Å²) < 4.78 is 5.31. The number of aromatic amines is 1. The SMILES string of the molecule is Cc1nc(N2CCOCC2)[nH]c(=O)c1CCC(=O)N1CCCCC1C(=O)O. The van der Waals surface area contributed by atoms with E-state index in [1.54, 1.807) is 6.92 Å². The fraction of sp³-hybridized carbons (Fsp3) is 0.667. The van der Waals surface area contributed by atoms with Crippen LogP contribution in [-0.4, -0.2) is 70.7 Å². The van der Waals surface area contributed by atoms with E-state index in [0.29, 0.717) is 56.5 Å². The molecule has 0 bridgehead atoms.